The molecule has 2 atom stereocenters. The summed E-state index contributed by atoms with van der Waals surface area (Å²) in [6, 6.07) is 21.8. The fraction of sp³-hybridized carbons (Fsp3) is 0.368. The molecule has 0 aliphatic heterocycles. The van der Waals surface area contributed by atoms with Gasteiger partial charge in [-0.3, -0.25) is 0 Å². The molecule has 2 nitrogen and oxygen atoms in total. The van der Waals surface area contributed by atoms with Crippen molar-refractivity contribution < 1.29 is 0 Å². The topological polar surface area (TPSA) is 52.0 Å². The quantitative estimate of drug-likeness (QED) is 0.650. The SMILES string of the molecule is NCCP(CCCP(CCN)c1ccccc1)c1ccccc1. The summed E-state index contributed by atoms with van der Waals surface area (Å²) in [5, 5.41) is 2.99. The second kappa shape index (κ2) is 10.9. The number of nitrogens with two attached hydrogens (primary N) is 2. The third-order valence-electron chi connectivity index (χ3n) is 3.90. The minimum absolute atomic E-state index is 0.111. The maximum absolute atomic E-state index is 5.84. The van der Waals surface area contributed by atoms with Gasteiger partial charge in [0.15, 0.2) is 0 Å². The average Bonchev–Trinajstić information content (AvgIpc) is 2.61. The van der Waals surface area contributed by atoms with Gasteiger partial charge in [-0.1, -0.05) is 76.5 Å². The molecule has 2 rings (SSSR count). The van der Waals surface area contributed by atoms with E-state index < -0.39 is 0 Å². The van der Waals surface area contributed by atoms with Crippen molar-refractivity contribution in [3.8, 4) is 0 Å². The van der Waals surface area contributed by atoms with E-state index in [1.54, 1.807) is 0 Å². The molecule has 0 heterocycles. The molecule has 0 aliphatic carbocycles. The Morgan fingerprint density at radius 3 is 1.30 bits per heavy atom. The summed E-state index contributed by atoms with van der Waals surface area (Å²) in [6.45, 7) is 1.58. The Balaban J connectivity index is 1.92. The molecule has 4 heteroatoms. The molecular formula is C19H28N2P2. The highest BCUT2D eigenvalue weighted by Gasteiger charge is 2.13. The number of hydrogen-bond acceptors (Lipinski definition) is 2. The highest BCUT2D eigenvalue weighted by Crippen LogP contribution is 2.39. The first-order chi connectivity index (χ1) is 11.3. The van der Waals surface area contributed by atoms with Crippen LogP contribution in [0.2, 0.25) is 0 Å². The van der Waals surface area contributed by atoms with Crippen molar-refractivity contribution in [3.05, 3.63) is 60.7 Å². The van der Waals surface area contributed by atoms with Crippen molar-refractivity contribution in [1.29, 1.82) is 0 Å². The molecule has 0 amide bonds. The van der Waals surface area contributed by atoms with Crippen molar-refractivity contribution in [3.63, 3.8) is 0 Å². The number of benzene rings is 2. The lowest BCUT2D eigenvalue weighted by molar-refractivity contribution is 1.07. The molecule has 0 aromatic heterocycles. The lowest BCUT2D eigenvalue weighted by Gasteiger charge is -2.21. The standard InChI is InChI=1S/C19H28N2P2/c20-12-16-22(18-8-3-1-4-9-18)14-7-15-23(17-13-21)19-10-5-2-6-11-19/h1-6,8-11H,7,12-17,20-21H2. The molecule has 0 fully saturated rings. The predicted octanol–water partition coefficient (Wildman–Crippen LogP) is 2.91. The molecule has 124 valence electrons. The van der Waals surface area contributed by atoms with Gasteiger partial charge in [0.25, 0.3) is 0 Å². The first-order valence-corrected chi connectivity index (χ1v) is 11.8. The lowest BCUT2D eigenvalue weighted by Crippen LogP contribution is -2.15. The van der Waals surface area contributed by atoms with E-state index >= 15 is 0 Å². The Kier molecular flexibility index (Phi) is 8.79. The van der Waals surface area contributed by atoms with Crippen molar-refractivity contribution in [2.75, 3.05) is 37.7 Å². The Labute approximate surface area is 143 Å². The van der Waals surface area contributed by atoms with E-state index in [4.69, 9.17) is 11.5 Å². The van der Waals surface area contributed by atoms with Crippen LogP contribution in [0.25, 0.3) is 0 Å². The van der Waals surface area contributed by atoms with Crippen LogP contribution in [0.15, 0.2) is 60.7 Å². The average molecular weight is 346 g/mol. The molecular weight excluding hydrogens is 318 g/mol. The molecule has 4 N–H and O–H groups in total. The van der Waals surface area contributed by atoms with Gasteiger partial charge < -0.3 is 11.5 Å². The van der Waals surface area contributed by atoms with E-state index in [-0.39, 0.29) is 15.8 Å². The predicted molar refractivity (Wildman–Crippen MR) is 108 cm³/mol. The van der Waals surface area contributed by atoms with Gasteiger partial charge in [0.2, 0.25) is 0 Å². The molecule has 23 heavy (non-hydrogen) atoms. The molecule has 0 aliphatic rings. The van der Waals surface area contributed by atoms with Crippen molar-refractivity contribution in [2.45, 2.75) is 6.42 Å². The van der Waals surface area contributed by atoms with Crippen molar-refractivity contribution in [2.24, 2.45) is 11.5 Å². The smallest absolute Gasteiger partial charge is 0.00348 e. The van der Waals surface area contributed by atoms with E-state index in [2.05, 4.69) is 60.7 Å². The Morgan fingerprint density at radius 2 is 0.957 bits per heavy atom. The van der Waals surface area contributed by atoms with E-state index in [1.165, 1.54) is 29.4 Å². The molecule has 2 aromatic carbocycles. The van der Waals surface area contributed by atoms with Gasteiger partial charge in [0, 0.05) is 0 Å². The van der Waals surface area contributed by atoms with Gasteiger partial charge in [-0.25, -0.2) is 0 Å². The summed E-state index contributed by atoms with van der Waals surface area (Å²) in [6.07, 6.45) is 6.12. The first-order valence-electron chi connectivity index (χ1n) is 8.35. The summed E-state index contributed by atoms with van der Waals surface area (Å²) in [5.74, 6) is 0. The molecule has 0 spiro atoms. The fourth-order valence-corrected chi connectivity index (χ4v) is 7.40. The van der Waals surface area contributed by atoms with Crippen LogP contribution < -0.4 is 22.1 Å². The maximum Gasteiger partial charge on any atom is -0.00348 e. The third-order valence-corrected chi connectivity index (χ3v) is 9.26. The van der Waals surface area contributed by atoms with Crippen LogP contribution in [-0.4, -0.2) is 37.7 Å². The summed E-state index contributed by atoms with van der Waals surface area (Å²) in [5.41, 5.74) is 11.7. The zero-order valence-corrected chi connectivity index (χ0v) is 15.6. The second-order valence-corrected chi connectivity index (χ2v) is 10.6. The molecule has 0 saturated heterocycles. The van der Waals surface area contributed by atoms with Gasteiger partial charge in [-0.05, 0) is 54.8 Å². The maximum atomic E-state index is 5.84. The van der Waals surface area contributed by atoms with Crippen molar-refractivity contribution >= 4 is 26.5 Å². The zero-order valence-electron chi connectivity index (χ0n) is 13.8. The zero-order chi connectivity index (χ0) is 16.3. The molecule has 0 radical (unpaired) electrons. The van der Waals surface area contributed by atoms with Gasteiger partial charge in [0.05, 0.1) is 0 Å². The Bertz CT molecular complexity index is 484. The highest BCUT2D eigenvalue weighted by atomic mass is 31.1. The van der Waals surface area contributed by atoms with E-state index in [9.17, 15) is 0 Å². The van der Waals surface area contributed by atoms with E-state index in [0.717, 1.165) is 25.4 Å². The Hall–Kier alpha value is -0.780. The summed E-state index contributed by atoms with van der Waals surface area (Å²) in [4.78, 5) is 0. The van der Waals surface area contributed by atoms with Crippen LogP contribution in [0.4, 0.5) is 0 Å². The van der Waals surface area contributed by atoms with Crippen LogP contribution in [0.1, 0.15) is 6.42 Å². The van der Waals surface area contributed by atoms with Crippen LogP contribution in [0.5, 0.6) is 0 Å². The van der Waals surface area contributed by atoms with Crippen LogP contribution in [0.3, 0.4) is 0 Å². The van der Waals surface area contributed by atoms with Crippen LogP contribution in [0, 0.1) is 0 Å². The highest BCUT2D eigenvalue weighted by molar-refractivity contribution is 7.66. The van der Waals surface area contributed by atoms with Gasteiger partial charge in [-0.2, -0.15) is 0 Å². The van der Waals surface area contributed by atoms with Gasteiger partial charge in [-0.15, -0.1) is 0 Å². The normalized spacial score (nSPS) is 13.7. The molecule has 2 aromatic rings. The molecule has 0 saturated carbocycles. The first kappa shape index (κ1) is 18.6. The lowest BCUT2D eigenvalue weighted by atomic mass is 10.4. The second-order valence-electron chi connectivity index (χ2n) is 5.58. The van der Waals surface area contributed by atoms with E-state index in [1.807, 2.05) is 0 Å². The number of hydrogen-bond donors (Lipinski definition) is 2. The minimum Gasteiger partial charge on any atom is -0.330 e. The van der Waals surface area contributed by atoms with Crippen LogP contribution in [-0.2, 0) is 0 Å². The van der Waals surface area contributed by atoms with Crippen molar-refractivity contribution in [1.82, 2.24) is 0 Å². The van der Waals surface area contributed by atoms with Gasteiger partial charge in [0.1, 0.15) is 0 Å². The largest absolute Gasteiger partial charge is 0.330 e. The molecule has 0 bridgehead atoms. The van der Waals surface area contributed by atoms with Gasteiger partial charge >= 0.3 is 0 Å². The van der Waals surface area contributed by atoms with Crippen LogP contribution >= 0.6 is 15.8 Å². The summed E-state index contributed by atoms with van der Waals surface area (Å²) >= 11 is 0. The van der Waals surface area contributed by atoms with E-state index in [0.29, 0.717) is 0 Å². The summed E-state index contributed by atoms with van der Waals surface area (Å²) < 4.78 is 0. The Morgan fingerprint density at radius 1 is 0.565 bits per heavy atom. The minimum atomic E-state index is -0.111. The molecule has 2 unspecified atom stereocenters. The third kappa shape index (κ3) is 6.32. The summed E-state index contributed by atoms with van der Waals surface area (Å²) in [7, 11) is -0.221. The fourth-order valence-electron chi connectivity index (χ4n) is 2.78. The monoisotopic (exact) mass is 346 g/mol. The number of rotatable bonds is 10.